The first-order valence-corrected chi connectivity index (χ1v) is 5.73. The molecule has 1 aromatic rings. The lowest BCUT2D eigenvalue weighted by Gasteiger charge is -2.23. The molecule has 0 spiro atoms. The Morgan fingerprint density at radius 2 is 2.42 bits per heavy atom. The van der Waals surface area contributed by atoms with Crippen LogP contribution in [-0.2, 0) is 23.1 Å². The summed E-state index contributed by atoms with van der Waals surface area (Å²) in [7, 11) is 1.75. The summed E-state index contributed by atoms with van der Waals surface area (Å²) >= 11 is 0. The lowest BCUT2D eigenvalue weighted by atomic mass is 9.99. The summed E-state index contributed by atoms with van der Waals surface area (Å²) in [5.41, 5.74) is -1.34. The summed E-state index contributed by atoms with van der Waals surface area (Å²) in [6.45, 7) is 0.453. The average Bonchev–Trinajstić information content (AvgIpc) is 2.97. The zero-order valence-corrected chi connectivity index (χ0v) is 10.4. The largest absolute Gasteiger partial charge is 0.479 e. The molecular formula is C10H15N5O4. The Balaban J connectivity index is 1.90. The Morgan fingerprint density at radius 1 is 1.63 bits per heavy atom. The lowest BCUT2D eigenvalue weighted by molar-refractivity contribution is -0.144. The minimum atomic E-state index is -1.34. The van der Waals surface area contributed by atoms with Crippen LogP contribution < -0.4 is 10.6 Å². The van der Waals surface area contributed by atoms with Crippen molar-refractivity contribution < 1.29 is 19.4 Å². The van der Waals surface area contributed by atoms with Crippen LogP contribution in [-0.4, -0.2) is 50.6 Å². The van der Waals surface area contributed by atoms with Crippen molar-refractivity contribution in [1.29, 1.82) is 0 Å². The van der Waals surface area contributed by atoms with Crippen molar-refractivity contribution in [2.45, 2.75) is 18.5 Å². The number of ether oxygens (including phenoxy) is 1. The van der Waals surface area contributed by atoms with Crippen molar-refractivity contribution in [2.75, 3.05) is 13.2 Å². The second kappa shape index (κ2) is 5.22. The number of nitrogens with zero attached hydrogens (tertiary/aromatic N) is 3. The number of urea groups is 1. The molecule has 1 atom stereocenters. The summed E-state index contributed by atoms with van der Waals surface area (Å²) in [5.74, 6) is -0.527. The normalized spacial score (nSPS) is 22.2. The molecule has 0 aromatic carbocycles. The van der Waals surface area contributed by atoms with E-state index in [1.807, 2.05) is 0 Å². The zero-order valence-electron chi connectivity index (χ0n) is 10.4. The smallest absolute Gasteiger partial charge is 0.332 e. The number of nitrogens with one attached hydrogen (secondary N) is 2. The molecular weight excluding hydrogens is 254 g/mol. The Morgan fingerprint density at radius 3 is 2.95 bits per heavy atom. The van der Waals surface area contributed by atoms with E-state index in [1.54, 1.807) is 11.6 Å². The minimum absolute atomic E-state index is 0.0281. The fourth-order valence-electron chi connectivity index (χ4n) is 1.77. The van der Waals surface area contributed by atoms with E-state index in [0.29, 0.717) is 12.4 Å². The van der Waals surface area contributed by atoms with Gasteiger partial charge in [-0.1, -0.05) is 0 Å². The molecule has 0 radical (unpaired) electrons. The predicted octanol–water partition coefficient (Wildman–Crippen LogP) is -1.14. The second-order valence-electron chi connectivity index (χ2n) is 4.36. The van der Waals surface area contributed by atoms with E-state index in [9.17, 15) is 9.59 Å². The number of carboxylic acids is 1. The maximum Gasteiger partial charge on any atom is 0.332 e. The molecule has 1 aliphatic rings. The molecule has 0 aliphatic carbocycles. The van der Waals surface area contributed by atoms with Gasteiger partial charge in [0.1, 0.15) is 6.33 Å². The van der Waals surface area contributed by atoms with Gasteiger partial charge in [0.05, 0.1) is 13.2 Å². The molecule has 9 nitrogen and oxygen atoms in total. The molecule has 2 heterocycles. The van der Waals surface area contributed by atoms with Gasteiger partial charge in [-0.3, -0.25) is 0 Å². The molecule has 2 rings (SSSR count). The SMILES string of the molecule is Cn1cnnc1CNC(=O)NC1(C(=O)O)CCOC1. The Hall–Kier alpha value is -2.16. The summed E-state index contributed by atoms with van der Waals surface area (Å²) in [6.07, 6.45) is 1.76. The van der Waals surface area contributed by atoms with Crippen LogP contribution in [0.15, 0.2) is 6.33 Å². The predicted molar refractivity (Wildman–Crippen MR) is 62.2 cm³/mol. The Labute approximate surface area is 109 Å². The first-order valence-electron chi connectivity index (χ1n) is 5.73. The monoisotopic (exact) mass is 269 g/mol. The van der Waals surface area contributed by atoms with Crippen molar-refractivity contribution in [1.82, 2.24) is 25.4 Å². The van der Waals surface area contributed by atoms with E-state index in [2.05, 4.69) is 20.8 Å². The molecule has 1 saturated heterocycles. The number of hydrogen-bond donors (Lipinski definition) is 3. The summed E-state index contributed by atoms with van der Waals surface area (Å²) in [6, 6.07) is -0.573. The fraction of sp³-hybridized carbons (Fsp3) is 0.600. The van der Waals surface area contributed by atoms with E-state index in [-0.39, 0.29) is 19.6 Å². The molecule has 1 aliphatic heterocycles. The number of amides is 2. The highest BCUT2D eigenvalue weighted by Crippen LogP contribution is 2.18. The van der Waals surface area contributed by atoms with Crippen LogP contribution in [0.25, 0.3) is 0 Å². The number of aryl methyl sites for hydroxylation is 1. The number of rotatable bonds is 4. The number of hydrogen-bond acceptors (Lipinski definition) is 5. The van der Waals surface area contributed by atoms with Crippen LogP contribution >= 0.6 is 0 Å². The highest BCUT2D eigenvalue weighted by molar-refractivity contribution is 5.86. The maximum absolute atomic E-state index is 11.7. The molecule has 104 valence electrons. The quantitative estimate of drug-likeness (QED) is 0.635. The standard InChI is InChI=1S/C10H15N5O4/c1-15-6-12-14-7(15)4-11-9(18)13-10(8(16)17)2-3-19-5-10/h6H,2-5H2,1H3,(H,16,17)(H2,11,13,18). The van der Waals surface area contributed by atoms with Crippen LogP contribution in [0.4, 0.5) is 4.79 Å². The first kappa shape index (κ1) is 13.3. The van der Waals surface area contributed by atoms with Crippen molar-refractivity contribution >= 4 is 12.0 Å². The topological polar surface area (TPSA) is 118 Å². The Bertz CT molecular complexity index is 480. The number of aliphatic carboxylic acids is 1. The van der Waals surface area contributed by atoms with Crippen molar-refractivity contribution in [3.05, 3.63) is 12.2 Å². The molecule has 1 fully saturated rings. The van der Waals surface area contributed by atoms with Crippen LogP contribution in [0.3, 0.4) is 0 Å². The highest BCUT2D eigenvalue weighted by atomic mass is 16.5. The molecule has 3 N–H and O–H groups in total. The van der Waals surface area contributed by atoms with Gasteiger partial charge in [-0.2, -0.15) is 0 Å². The van der Waals surface area contributed by atoms with Gasteiger partial charge < -0.3 is 25.0 Å². The Kier molecular flexibility index (Phi) is 3.65. The zero-order chi connectivity index (χ0) is 13.9. The molecule has 0 bridgehead atoms. The van der Waals surface area contributed by atoms with Crippen molar-refractivity contribution in [2.24, 2.45) is 7.05 Å². The van der Waals surface area contributed by atoms with E-state index in [1.165, 1.54) is 6.33 Å². The van der Waals surface area contributed by atoms with Gasteiger partial charge in [-0.05, 0) is 0 Å². The van der Waals surface area contributed by atoms with Crippen LogP contribution in [0, 0.1) is 0 Å². The maximum atomic E-state index is 11.7. The van der Waals surface area contributed by atoms with Gasteiger partial charge in [-0.15, -0.1) is 10.2 Å². The van der Waals surface area contributed by atoms with E-state index >= 15 is 0 Å². The average molecular weight is 269 g/mol. The molecule has 2 amide bonds. The van der Waals surface area contributed by atoms with Gasteiger partial charge in [0.25, 0.3) is 0 Å². The van der Waals surface area contributed by atoms with E-state index < -0.39 is 17.5 Å². The first-order chi connectivity index (χ1) is 9.03. The molecule has 0 saturated carbocycles. The molecule has 19 heavy (non-hydrogen) atoms. The highest BCUT2D eigenvalue weighted by Gasteiger charge is 2.43. The summed E-state index contributed by atoms with van der Waals surface area (Å²) < 4.78 is 6.70. The van der Waals surface area contributed by atoms with Crippen molar-refractivity contribution in [3.63, 3.8) is 0 Å². The molecule has 1 aromatic heterocycles. The van der Waals surface area contributed by atoms with E-state index in [4.69, 9.17) is 9.84 Å². The van der Waals surface area contributed by atoms with Gasteiger partial charge in [-0.25, -0.2) is 9.59 Å². The third-order valence-corrected chi connectivity index (χ3v) is 3.00. The molecule has 9 heteroatoms. The minimum Gasteiger partial charge on any atom is -0.479 e. The number of carbonyl (C=O) groups is 2. The second-order valence-corrected chi connectivity index (χ2v) is 4.36. The van der Waals surface area contributed by atoms with Crippen LogP contribution in [0.2, 0.25) is 0 Å². The number of carbonyl (C=O) groups excluding carboxylic acids is 1. The third kappa shape index (κ3) is 2.81. The summed E-state index contributed by atoms with van der Waals surface area (Å²) in [4.78, 5) is 22.9. The number of aromatic nitrogens is 3. The third-order valence-electron chi connectivity index (χ3n) is 3.00. The van der Waals surface area contributed by atoms with Gasteiger partial charge in [0.2, 0.25) is 0 Å². The van der Waals surface area contributed by atoms with E-state index in [0.717, 1.165) is 0 Å². The summed E-state index contributed by atoms with van der Waals surface area (Å²) in [5, 5.41) is 21.6. The van der Waals surface area contributed by atoms with Gasteiger partial charge in [0.15, 0.2) is 11.4 Å². The number of carboxylic acid groups (broad SMARTS) is 1. The molecule has 1 unspecified atom stereocenters. The van der Waals surface area contributed by atoms with Gasteiger partial charge in [0, 0.05) is 20.1 Å². The van der Waals surface area contributed by atoms with Crippen LogP contribution in [0.1, 0.15) is 12.2 Å². The van der Waals surface area contributed by atoms with Gasteiger partial charge >= 0.3 is 12.0 Å². The van der Waals surface area contributed by atoms with Crippen LogP contribution in [0.5, 0.6) is 0 Å². The lowest BCUT2D eigenvalue weighted by Crippen LogP contribution is -2.57. The fourth-order valence-corrected chi connectivity index (χ4v) is 1.77. The van der Waals surface area contributed by atoms with Crippen molar-refractivity contribution in [3.8, 4) is 0 Å².